The number of anilines is 1. The van der Waals surface area contributed by atoms with E-state index in [-0.39, 0.29) is 36.1 Å². The SMILES string of the molecule is NC(=O)c1cncc(NC(=O)C(=O)N2CCCCC2C2CCC(F)(F)CC2)c1. The Morgan fingerprint density at radius 3 is 2.54 bits per heavy atom. The van der Waals surface area contributed by atoms with Gasteiger partial charge in [-0.1, -0.05) is 0 Å². The highest BCUT2D eigenvalue weighted by atomic mass is 19.3. The van der Waals surface area contributed by atoms with E-state index >= 15 is 0 Å². The van der Waals surface area contributed by atoms with Gasteiger partial charge in [-0.3, -0.25) is 19.4 Å². The van der Waals surface area contributed by atoms with Crippen LogP contribution >= 0.6 is 0 Å². The molecule has 7 nitrogen and oxygen atoms in total. The molecule has 0 radical (unpaired) electrons. The van der Waals surface area contributed by atoms with Crippen molar-refractivity contribution in [2.75, 3.05) is 11.9 Å². The highest BCUT2D eigenvalue weighted by Crippen LogP contribution is 2.40. The number of amides is 3. The topological polar surface area (TPSA) is 105 Å². The second-order valence-electron chi connectivity index (χ2n) is 7.54. The van der Waals surface area contributed by atoms with Crippen LogP contribution in [-0.2, 0) is 9.59 Å². The van der Waals surface area contributed by atoms with E-state index in [9.17, 15) is 23.2 Å². The van der Waals surface area contributed by atoms with E-state index in [0.29, 0.717) is 25.8 Å². The van der Waals surface area contributed by atoms with E-state index in [1.165, 1.54) is 23.4 Å². The minimum atomic E-state index is -2.63. The lowest BCUT2D eigenvalue weighted by Crippen LogP contribution is -2.52. The molecule has 1 aromatic heterocycles. The molecule has 0 bridgehead atoms. The largest absolute Gasteiger partial charge is 0.366 e. The first kappa shape index (κ1) is 20.2. The van der Waals surface area contributed by atoms with Crippen LogP contribution in [0, 0.1) is 5.92 Å². The summed E-state index contributed by atoms with van der Waals surface area (Å²) in [6.45, 7) is 0.434. The van der Waals surface area contributed by atoms with Crippen LogP contribution in [0.25, 0.3) is 0 Å². The van der Waals surface area contributed by atoms with Crippen molar-refractivity contribution in [3.8, 4) is 0 Å². The van der Waals surface area contributed by atoms with Gasteiger partial charge < -0.3 is 16.0 Å². The third-order valence-corrected chi connectivity index (χ3v) is 5.59. The molecule has 1 saturated carbocycles. The van der Waals surface area contributed by atoms with Crippen molar-refractivity contribution >= 4 is 23.4 Å². The summed E-state index contributed by atoms with van der Waals surface area (Å²) in [5, 5.41) is 2.45. The van der Waals surface area contributed by atoms with Crippen molar-refractivity contribution in [1.82, 2.24) is 9.88 Å². The first-order chi connectivity index (χ1) is 13.3. The monoisotopic (exact) mass is 394 g/mol. The molecule has 1 saturated heterocycles. The van der Waals surface area contributed by atoms with Crippen LogP contribution < -0.4 is 11.1 Å². The third-order valence-electron chi connectivity index (χ3n) is 5.59. The molecular formula is C19H24F2N4O3. The number of carbonyl (C=O) groups excluding carboxylic acids is 3. The molecule has 2 heterocycles. The molecule has 1 aliphatic heterocycles. The van der Waals surface area contributed by atoms with Gasteiger partial charge in [0.15, 0.2) is 0 Å². The van der Waals surface area contributed by atoms with Crippen molar-refractivity contribution in [3.63, 3.8) is 0 Å². The number of carbonyl (C=O) groups is 3. The number of rotatable bonds is 3. The van der Waals surface area contributed by atoms with Gasteiger partial charge in [0, 0.05) is 31.6 Å². The van der Waals surface area contributed by atoms with Crippen LogP contribution in [0.15, 0.2) is 18.5 Å². The predicted octanol–water partition coefficient (Wildman–Crippen LogP) is 2.33. The Hall–Kier alpha value is -2.58. The number of primary amides is 1. The molecule has 28 heavy (non-hydrogen) atoms. The number of nitrogens with zero attached hydrogens (tertiary/aromatic N) is 2. The molecule has 2 aliphatic rings. The van der Waals surface area contributed by atoms with E-state index < -0.39 is 23.6 Å². The van der Waals surface area contributed by atoms with Gasteiger partial charge in [-0.05, 0) is 44.1 Å². The number of nitrogens with two attached hydrogens (primary N) is 1. The summed E-state index contributed by atoms with van der Waals surface area (Å²) >= 11 is 0. The fraction of sp³-hybridized carbons (Fsp3) is 0.579. The highest BCUT2D eigenvalue weighted by molar-refractivity contribution is 6.39. The summed E-state index contributed by atoms with van der Waals surface area (Å²) in [7, 11) is 0. The van der Waals surface area contributed by atoms with Crippen molar-refractivity contribution in [1.29, 1.82) is 0 Å². The lowest BCUT2D eigenvalue weighted by molar-refractivity contribution is -0.147. The molecule has 0 aromatic carbocycles. The highest BCUT2D eigenvalue weighted by Gasteiger charge is 2.41. The van der Waals surface area contributed by atoms with Crippen LogP contribution in [0.2, 0.25) is 0 Å². The maximum atomic E-state index is 13.5. The molecule has 1 aromatic rings. The molecule has 3 rings (SSSR count). The van der Waals surface area contributed by atoms with Crippen molar-refractivity contribution in [2.24, 2.45) is 11.7 Å². The first-order valence-electron chi connectivity index (χ1n) is 9.51. The van der Waals surface area contributed by atoms with E-state index in [1.807, 2.05) is 0 Å². The smallest absolute Gasteiger partial charge is 0.313 e. The van der Waals surface area contributed by atoms with Gasteiger partial charge in [0.2, 0.25) is 11.8 Å². The Labute approximate surface area is 161 Å². The van der Waals surface area contributed by atoms with Gasteiger partial charge in [-0.2, -0.15) is 0 Å². The summed E-state index contributed by atoms with van der Waals surface area (Å²) < 4.78 is 27.0. The van der Waals surface area contributed by atoms with E-state index in [0.717, 1.165) is 12.8 Å². The molecule has 1 unspecified atom stereocenters. The average Bonchev–Trinajstić information content (AvgIpc) is 2.67. The van der Waals surface area contributed by atoms with Gasteiger partial charge in [0.25, 0.3) is 0 Å². The predicted molar refractivity (Wildman–Crippen MR) is 97.6 cm³/mol. The van der Waals surface area contributed by atoms with Crippen molar-refractivity contribution in [3.05, 3.63) is 24.0 Å². The summed E-state index contributed by atoms with van der Waals surface area (Å²) in [6, 6.07) is 1.15. The molecule has 0 spiro atoms. The summed E-state index contributed by atoms with van der Waals surface area (Å²) in [6.07, 6.45) is 5.34. The normalized spacial score (nSPS) is 22.5. The Morgan fingerprint density at radius 2 is 1.86 bits per heavy atom. The van der Waals surface area contributed by atoms with E-state index in [4.69, 9.17) is 5.73 Å². The molecule has 2 fully saturated rings. The average molecular weight is 394 g/mol. The van der Waals surface area contributed by atoms with Gasteiger partial charge in [-0.25, -0.2) is 8.78 Å². The summed E-state index contributed by atoms with van der Waals surface area (Å²) in [5.41, 5.74) is 5.50. The van der Waals surface area contributed by atoms with Crippen LogP contribution in [0.1, 0.15) is 55.3 Å². The Morgan fingerprint density at radius 1 is 1.14 bits per heavy atom. The second-order valence-corrected chi connectivity index (χ2v) is 7.54. The number of pyridine rings is 1. The van der Waals surface area contributed by atoms with Crippen molar-refractivity contribution in [2.45, 2.75) is 56.9 Å². The Kier molecular flexibility index (Phi) is 5.90. The number of aromatic nitrogens is 1. The fourth-order valence-corrected chi connectivity index (χ4v) is 4.10. The van der Waals surface area contributed by atoms with Crippen LogP contribution in [0.3, 0.4) is 0 Å². The summed E-state index contributed by atoms with van der Waals surface area (Å²) in [5.74, 6) is -4.87. The number of halogens is 2. The standard InChI is InChI=1S/C19H24F2N4O3/c20-19(21)6-4-12(5-7-19)15-3-1-2-8-25(15)18(28)17(27)24-14-9-13(16(22)26)10-23-11-14/h9-12,15H,1-8H2,(H2,22,26)(H,24,27). The number of nitrogens with one attached hydrogen (secondary N) is 1. The van der Waals surface area contributed by atoms with E-state index in [2.05, 4.69) is 10.3 Å². The fourth-order valence-electron chi connectivity index (χ4n) is 4.10. The molecule has 3 amide bonds. The third kappa shape index (κ3) is 4.63. The van der Waals surface area contributed by atoms with Crippen LogP contribution in [-0.4, -0.2) is 46.1 Å². The zero-order chi connectivity index (χ0) is 20.3. The molecule has 3 N–H and O–H groups in total. The molecule has 9 heteroatoms. The van der Waals surface area contributed by atoms with Gasteiger partial charge >= 0.3 is 11.8 Å². The van der Waals surface area contributed by atoms with Crippen LogP contribution in [0.5, 0.6) is 0 Å². The van der Waals surface area contributed by atoms with Gasteiger partial charge in [-0.15, -0.1) is 0 Å². The molecule has 1 atom stereocenters. The van der Waals surface area contributed by atoms with Gasteiger partial charge in [0.1, 0.15) is 0 Å². The van der Waals surface area contributed by atoms with E-state index in [1.54, 1.807) is 0 Å². The zero-order valence-corrected chi connectivity index (χ0v) is 15.5. The quantitative estimate of drug-likeness (QED) is 0.768. The van der Waals surface area contributed by atoms with Crippen molar-refractivity contribution < 1.29 is 23.2 Å². The zero-order valence-electron chi connectivity index (χ0n) is 15.5. The minimum absolute atomic E-state index is 0.0171. The molecular weight excluding hydrogens is 370 g/mol. The summed E-state index contributed by atoms with van der Waals surface area (Å²) in [4.78, 5) is 41.8. The van der Waals surface area contributed by atoms with Crippen LogP contribution in [0.4, 0.5) is 14.5 Å². The minimum Gasteiger partial charge on any atom is -0.366 e. The first-order valence-corrected chi connectivity index (χ1v) is 9.51. The maximum Gasteiger partial charge on any atom is 0.313 e. The Bertz CT molecular complexity index is 761. The number of likely N-dealkylation sites (tertiary alicyclic amines) is 1. The lowest BCUT2D eigenvalue weighted by Gasteiger charge is -2.42. The number of piperidine rings is 1. The number of hydrogen-bond donors (Lipinski definition) is 2. The molecule has 1 aliphatic carbocycles. The molecule has 152 valence electrons. The number of alkyl halides is 2. The maximum absolute atomic E-state index is 13.5. The Balaban J connectivity index is 1.68. The lowest BCUT2D eigenvalue weighted by atomic mass is 9.78. The second kappa shape index (κ2) is 8.20. The van der Waals surface area contributed by atoms with Gasteiger partial charge in [0.05, 0.1) is 17.4 Å². The number of hydrogen-bond acceptors (Lipinski definition) is 4.